The van der Waals surface area contributed by atoms with Crippen LogP contribution in [0.4, 0.5) is 9.39 Å². The van der Waals surface area contributed by atoms with Gasteiger partial charge in [0.2, 0.25) is 0 Å². The zero-order valence-electron chi connectivity index (χ0n) is 26.0. The summed E-state index contributed by atoms with van der Waals surface area (Å²) in [6.07, 6.45) is 1.44. The van der Waals surface area contributed by atoms with E-state index in [-0.39, 0.29) is 11.7 Å². The van der Waals surface area contributed by atoms with Crippen molar-refractivity contribution in [3.63, 3.8) is 0 Å². The molecule has 2 amide bonds. The van der Waals surface area contributed by atoms with E-state index in [4.69, 9.17) is 0 Å². The second kappa shape index (κ2) is 17.6. The fourth-order valence-corrected chi connectivity index (χ4v) is 5.68. The van der Waals surface area contributed by atoms with Gasteiger partial charge in [0.25, 0.3) is 11.8 Å². The Morgan fingerprint density at radius 1 is 0.860 bits per heavy atom. The summed E-state index contributed by atoms with van der Waals surface area (Å²) in [5.41, 5.74) is 5.87. The zero-order valence-corrected chi connectivity index (χ0v) is 26.8. The monoisotopic (exact) mass is 608 g/mol. The molecule has 0 spiro atoms. The van der Waals surface area contributed by atoms with Gasteiger partial charge in [0.1, 0.15) is 10.8 Å². The van der Waals surface area contributed by atoms with Crippen LogP contribution in [0.5, 0.6) is 0 Å². The molecule has 0 unspecified atom stereocenters. The largest absolute Gasteiger partial charge is 0.313 e. The lowest BCUT2D eigenvalue weighted by atomic mass is 10.1. The van der Waals surface area contributed by atoms with Crippen molar-refractivity contribution < 1.29 is 14.0 Å². The molecule has 3 rings (SSSR count). The van der Waals surface area contributed by atoms with Crippen molar-refractivity contribution in [1.29, 1.82) is 0 Å². The smallest absolute Gasteiger partial charge is 0.274 e. The van der Waals surface area contributed by atoms with Gasteiger partial charge in [-0.25, -0.2) is 9.82 Å². The van der Waals surface area contributed by atoms with Crippen molar-refractivity contribution in [3.05, 3.63) is 87.5 Å². The number of carbonyl (C=O) groups excluding carboxylic acids is 2. The average molecular weight is 609 g/mol. The predicted octanol–water partition coefficient (Wildman–Crippen LogP) is 5.70. The number of halogens is 1. The van der Waals surface area contributed by atoms with Crippen molar-refractivity contribution in [2.75, 3.05) is 57.7 Å². The quantitative estimate of drug-likeness (QED) is 0.152. The highest BCUT2D eigenvalue weighted by Gasteiger charge is 2.19. The number of thiophene rings is 1. The first-order valence-electron chi connectivity index (χ1n) is 15.0. The van der Waals surface area contributed by atoms with Crippen LogP contribution >= 0.6 is 11.3 Å². The van der Waals surface area contributed by atoms with E-state index in [1.165, 1.54) is 29.7 Å². The van der Waals surface area contributed by atoms with Crippen LogP contribution in [0.2, 0.25) is 0 Å². The van der Waals surface area contributed by atoms with Crippen LogP contribution in [0.1, 0.15) is 65.1 Å². The number of likely N-dealkylation sites (N-methyl/N-ethyl adjacent to an activating group) is 2. The number of rotatable bonds is 17. The Hall–Kier alpha value is -3.44. The Kier molecular flexibility index (Phi) is 14.0. The molecule has 43 heavy (non-hydrogen) atoms. The van der Waals surface area contributed by atoms with Gasteiger partial charge >= 0.3 is 0 Å². The van der Waals surface area contributed by atoms with Crippen LogP contribution in [-0.2, 0) is 6.54 Å². The second-order valence-corrected chi connectivity index (χ2v) is 11.2. The third kappa shape index (κ3) is 10.7. The molecule has 2 aromatic carbocycles. The minimum atomic E-state index is -0.432. The highest BCUT2D eigenvalue weighted by Crippen LogP contribution is 2.28. The fraction of sp³-hybridized carbons (Fsp3) is 0.424. The first-order valence-corrected chi connectivity index (χ1v) is 15.9. The van der Waals surface area contributed by atoms with E-state index in [1.807, 2.05) is 24.4 Å². The molecule has 0 aliphatic rings. The lowest BCUT2D eigenvalue weighted by molar-refractivity contribution is 0.0956. The lowest BCUT2D eigenvalue weighted by Gasteiger charge is -2.29. The molecule has 1 heterocycles. The number of hydrazone groups is 1. The van der Waals surface area contributed by atoms with Gasteiger partial charge < -0.3 is 15.1 Å². The van der Waals surface area contributed by atoms with E-state index in [0.717, 1.165) is 70.0 Å². The summed E-state index contributed by atoms with van der Waals surface area (Å²) in [6.45, 7) is 19.4. The van der Waals surface area contributed by atoms with Crippen LogP contribution in [0.15, 0.2) is 59.0 Å². The zero-order chi connectivity index (χ0) is 31.2. The lowest BCUT2D eigenvalue weighted by Crippen LogP contribution is -2.39. The number of anilines is 1. The molecule has 0 fully saturated rings. The summed E-state index contributed by atoms with van der Waals surface area (Å²) >= 11 is 1.30. The molecular formula is C33H45FN6O2S. The van der Waals surface area contributed by atoms with E-state index in [0.29, 0.717) is 21.7 Å². The first kappa shape index (κ1) is 34.1. The number of hydrogen-bond acceptors (Lipinski definition) is 7. The summed E-state index contributed by atoms with van der Waals surface area (Å²) in [5, 5.41) is 9.21. The molecule has 3 aromatic rings. The molecule has 0 saturated carbocycles. The van der Waals surface area contributed by atoms with Crippen molar-refractivity contribution in [1.82, 2.24) is 20.1 Å². The number of nitrogens with one attached hydrogen (secondary N) is 2. The molecule has 10 heteroatoms. The average Bonchev–Trinajstić information content (AvgIpc) is 3.38. The number of amides is 2. The molecule has 0 radical (unpaired) electrons. The van der Waals surface area contributed by atoms with Crippen LogP contribution < -0.4 is 10.7 Å². The molecule has 2 N–H and O–H groups in total. The maximum absolute atomic E-state index is 13.3. The van der Waals surface area contributed by atoms with E-state index >= 15 is 0 Å². The molecule has 1 aromatic heterocycles. The van der Waals surface area contributed by atoms with Gasteiger partial charge in [-0.05, 0) is 79.4 Å². The van der Waals surface area contributed by atoms with Gasteiger partial charge in [0, 0.05) is 38.3 Å². The number of aryl methyl sites for hydroxylation is 1. The number of benzene rings is 2. The summed E-state index contributed by atoms with van der Waals surface area (Å²) in [7, 11) is 0. The number of hydrogen-bond donors (Lipinski definition) is 2. The number of nitrogens with zero attached hydrogens (tertiary/aromatic N) is 4. The Morgan fingerprint density at radius 2 is 1.47 bits per heavy atom. The summed E-state index contributed by atoms with van der Waals surface area (Å²) in [5.74, 6) is -1.05. The minimum absolute atomic E-state index is 0.273. The maximum atomic E-state index is 13.3. The molecule has 232 valence electrons. The number of carbonyl (C=O) groups is 2. The van der Waals surface area contributed by atoms with Crippen LogP contribution in [-0.4, -0.2) is 85.1 Å². The van der Waals surface area contributed by atoms with E-state index < -0.39 is 5.91 Å². The molecular weight excluding hydrogens is 563 g/mol. The summed E-state index contributed by atoms with van der Waals surface area (Å²) < 4.78 is 13.1. The standard InChI is InChI=1S/C33H45FN6O2S/c1-6-38(7-2)17-19-40(20-18-39(8-3)9-4)23-27-11-10-12-28(21-27)31(41)36-33-30(25(5)24-43-33)32(42)37-35-22-26-13-15-29(34)16-14-26/h10-16,21-22,24H,6-9,17-20,23H2,1-5H3,(H,36,41)(H,37,42). The molecule has 0 saturated heterocycles. The van der Waals surface area contributed by atoms with Crippen molar-refractivity contribution >= 4 is 34.4 Å². The highest BCUT2D eigenvalue weighted by atomic mass is 32.1. The fourth-order valence-electron chi connectivity index (χ4n) is 4.75. The van der Waals surface area contributed by atoms with Gasteiger partial charge in [0.15, 0.2) is 0 Å². The van der Waals surface area contributed by atoms with E-state index in [1.54, 1.807) is 18.2 Å². The second-order valence-electron chi connectivity index (χ2n) is 10.4. The van der Waals surface area contributed by atoms with Gasteiger partial charge in [-0.15, -0.1) is 11.3 Å². The molecule has 0 bridgehead atoms. The van der Waals surface area contributed by atoms with Crippen molar-refractivity contribution in [2.45, 2.75) is 41.2 Å². The summed E-state index contributed by atoms with van der Waals surface area (Å²) in [6, 6.07) is 13.5. The Labute approximate surface area is 259 Å². The van der Waals surface area contributed by atoms with Gasteiger partial charge in [-0.2, -0.15) is 5.10 Å². The van der Waals surface area contributed by atoms with Gasteiger partial charge in [-0.1, -0.05) is 52.0 Å². The van der Waals surface area contributed by atoms with Crippen LogP contribution in [0.25, 0.3) is 0 Å². The van der Waals surface area contributed by atoms with Crippen molar-refractivity contribution in [2.24, 2.45) is 5.10 Å². The Balaban J connectivity index is 1.68. The molecule has 8 nitrogen and oxygen atoms in total. The van der Waals surface area contributed by atoms with Crippen LogP contribution in [0.3, 0.4) is 0 Å². The van der Waals surface area contributed by atoms with Crippen molar-refractivity contribution in [3.8, 4) is 0 Å². The third-order valence-electron chi connectivity index (χ3n) is 7.53. The molecule has 0 aliphatic carbocycles. The minimum Gasteiger partial charge on any atom is -0.313 e. The highest BCUT2D eigenvalue weighted by molar-refractivity contribution is 7.15. The molecule has 0 aliphatic heterocycles. The molecule has 0 atom stereocenters. The maximum Gasteiger partial charge on any atom is 0.274 e. The van der Waals surface area contributed by atoms with Gasteiger partial charge in [0.05, 0.1) is 11.8 Å². The normalized spacial score (nSPS) is 11.7. The Morgan fingerprint density at radius 3 is 2.07 bits per heavy atom. The van der Waals surface area contributed by atoms with E-state index in [2.05, 4.69) is 64.3 Å². The SMILES string of the molecule is CCN(CC)CCN(CCN(CC)CC)Cc1cccc(C(=O)Nc2scc(C)c2C(=O)NN=Cc2ccc(F)cc2)c1. The summed E-state index contributed by atoms with van der Waals surface area (Å²) in [4.78, 5) is 33.6. The first-order chi connectivity index (χ1) is 20.8. The topological polar surface area (TPSA) is 80.3 Å². The van der Waals surface area contributed by atoms with E-state index in [9.17, 15) is 14.0 Å². The van der Waals surface area contributed by atoms with Gasteiger partial charge in [-0.3, -0.25) is 14.5 Å². The Bertz CT molecular complexity index is 1320. The predicted molar refractivity (Wildman–Crippen MR) is 176 cm³/mol. The third-order valence-corrected chi connectivity index (χ3v) is 8.54. The van der Waals surface area contributed by atoms with Crippen LogP contribution in [0, 0.1) is 12.7 Å².